The van der Waals surface area contributed by atoms with Crippen molar-refractivity contribution in [2.24, 2.45) is 0 Å². The molecule has 3 rings (SSSR count). The van der Waals surface area contributed by atoms with E-state index in [0.29, 0.717) is 16.5 Å². The Morgan fingerprint density at radius 1 is 0.964 bits per heavy atom. The Kier molecular flexibility index (Phi) is 6.01. The number of fused-ring (bicyclic) bond motifs is 1. The molecule has 0 saturated carbocycles. The predicted molar refractivity (Wildman–Crippen MR) is 108 cm³/mol. The van der Waals surface area contributed by atoms with Crippen LogP contribution < -0.4 is 20.3 Å². The monoisotopic (exact) mass is 398 g/mol. The lowest BCUT2D eigenvalue weighted by Gasteiger charge is -2.16. The summed E-state index contributed by atoms with van der Waals surface area (Å²) in [5.41, 5.74) is 4.95. The van der Waals surface area contributed by atoms with Gasteiger partial charge in [0.05, 0.1) is 12.7 Å². The van der Waals surface area contributed by atoms with Crippen LogP contribution in [-0.2, 0) is 4.79 Å². The largest absolute Gasteiger partial charge is 0.496 e. The van der Waals surface area contributed by atoms with E-state index in [2.05, 4.69) is 10.9 Å². The van der Waals surface area contributed by atoms with Crippen LogP contribution in [0.25, 0.3) is 10.8 Å². The van der Waals surface area contributed by atoms with E-state index in [9.17, 15) is 9.59 Å². The molecule has 28 heavy (non-hydrogen) atoms. The Balaban J connectivity index is 1.60. The van der Waals surface area contributed by atoms with E-state index in [1.165, 1.54) is 19.2 Å². The van der Waals surface area contributed by atoms with Crippen LogP contribution in [0, 0.1) is 0 Å². The van der Waals surface area contributed by atoms with Crippen molar-refractivity contribution >= 4 is 34.2 Å². The van der Waals surface area contributed by atoms with E-state index in [1.807, 2.05) is 36.4 Å². The second-order valence-corrected chi connectivity index (χ2v) is 6.49. The summed E-state index contributed by atoms with van der Waals surface area (Å²) in [6, 6.07) is 18.0. The van der Waals surface area contributed by atoms with Gasteiger partial charge in [0.25, 0.3) is 11.8 Å². The third-order valence-electron chi connectivity index (χ3n) is 4.11. The molecule has 6 nitrogen and oxygen atoms in total. The first-order valence-corrected chi connectivity index (χ1v) is 8.95. The average molecular weight is 399 g/mol. The topological polar surface area (TPSA) is 76.7 Å². The van der Waals surface area contributed by atoms with Crippen molar-refractivity contribution < 1.29 is 19.1 Å². The van der Waals surface area contributed by atoms with Gasteiger partial charge in [-0.3, -0.25) is 20.4 Å². The molecule has 3 aromatic rings. The molecule has 2 amide bonds. The maximum absolute atomic E-state index is 12.3. The number of nitrogens with one attached hydrogen (secondary N) is 2. The summed E-state index contributed by atoms with van der Waals surface area (Å²) >= 11 is 5.88. The second-order valence-electron chi connectivity index (χ2n) is 6.06. The van der Waals surface area contributed by atoms with Crippen LogP contribution in [0.2, 0.25) is 5.02 Å². The van der Waals surface area contributed by atoms with E-state index < -0.39 is 17.9 Å². The third kappa shape index (κ3) is 4.53. The first-order valence-electron chi connectivity index (χ1n) is 8.57. The molecular weight excluding hydrogens is 380 g/mol. The van der Waals surface area contributed by atoms with Gasteiger partial charge in [-0.25, -0.2) is 0 Å². The summed E-state index contributed by atoms with van der Waals surface area (Å²) in [6.07, 6.45) is -0.812. The van der Waals surface area contributed by atoms with Gasteiger partial charge in [-0.1, -0.05) is 41.9 Å². The predicted octanol–water partition coefficient (Wildman–Crippen LogP) is 3.73. The Bertz CT molecular complexity index is 1020. The van der Waals surface area contributed by atoms with Crippen LogP contribution in [0.1, 0.15) is 17.3 Å². The molecule has 0 aliphatic carbocycles. The van der Waals surface area contributed by atoms with Gasteiger partial charge in [0.15, 0.2) is 6.10 Å². The molecule has 0 aliphatic heterocycles. The molecule has 0 bridgehead atoms. The lowest BCUT2D eigenvalue weighted by Crippen LogP contribution is -2.47. The van der Waals surface area contributed by atoms with Gasteiger partial charge in [0, 0.05) is 5.02 Å². The lowest BCUT2D eigenvalue weighted by atomic mass is 10.1. The van der Waals surface area contributed by atoms with Crippen molar-refractivity contribution in [2.45, 2.75) is 13.0 Å². The summed E-state index contributed by atoms with van der Waals surface area (Å²) in [6.45, 7) is 1.60. The van der Waals surface area contributed by atoms with Crippen molar-refractivity contribution in [2.75, 3.05) is 7.11 Å². The highest BCUT2D eigenvalue weighted by atomic mass is 35.5. The molecule has 3 aromatic carbocycles. The fourth-order valence-electron chi connectivity index (χ4n) is 2.64. The van der Waals surface area contributed by atoms with E-state index in [1.54, 1.807) is 19.1 Å². The summed E-state index contributed by atoms with van der Waals surface area (Å²) in [4.78, 5) is 24.5. The third-order valence-corrected chi connectivity index (χ3v) is 4.35. The first kappa shape index (κ1) is 19.5. The zero-order valence-corrected chi connectivity index (χ0v) is 16.1. The maximum atomic E-state index is 12.3. The highest BCUT2D eigenvalue weighted by Gasteiger charge is 2.18. The number of carbonyl (C=O) groups is 2. The van der Waals surface area contributed by atoms with Crippen molar-refractivity contribution in [3.8, 4) is 11.5 Å². The van der Waals surface area contributed by atoms with Crippen LogP contribution in [-0.4, -0.2) is 25.0 Å². The number of rotatable bonds is 5. The molecule has 0 aliphatic rings. The molecule has 0 radical (unpaired) electrons. The van der Waals surface area contributed by atoms with Crippen LogP contribution in [0.5, 0.6) is 11.5 Å². The van der Waals surface area contributed by atoms with Crippen LogP contribution in [0.15, 0.2) is 60.7 Å². The van der Waals surface area contributed by atoms with Crippen molar-refractivity contribution in [3.63, 3.8) is 0 Å². The highest BCUT2D eigenvalue weighted by Crippen LogP contribution is 2.23. The first-order chi connectivity index (χ1) is 13.5. The highest BCUT2D eigenvalue weighted by molar-refractivity contribution is 6.30. The molecule has 0 spiro atoms. The zero-order chi connectivity index (χ0) is 20.1. The van der Waals surface area contributed by atoms with E-state index in [0.717, 1.165) is 10.8 Å². The van der Waals surface area contributed by atoms with E-state index in [-0.39, 0.29) is 5.56 Å². The number of hydrogen-bond acceptors (Lipinski definition) is 4. The number of halogens is 1. The minimum Gasteiger partial charge on any atom is -0.496 e. The number of amides is 2. The number of ether oxygens (including phenoxy) is 2. The Morgan fingerprint density at radius 2 is 1.71 bits per heavy atom. The van der Waals surface area contributed by atoms with Crippen molar-refractivity contribution in [1.82, 2.24) is 10.9 Å². The summed E-state index contributed by atoms with van der Waals surface area (Å²) in [5.74, 6) is -0.152. The van der Waals surface area contributed by atoms with Gasteiger partial charge in [-0.2, -0.15) is 0 Å². The molecule has 144 valence electrons. The number of hydrogen-bond donors (Lipinski definition) is 2. The molecule has 0 heterocycles. The Hall–Kier alpha value is -3.25. The summed E-state index contributed by atoms with van der Waals surface area (Å²) in [5, 5.41) is 2.53. The average Bonchev–Trinajstić information content (AvgIpc) is 2.71. The Labute approximate surface area is 167 Å². The van der Waals surface area contributed by atoms with Crippen LogP contribution in [0.3, 0.4) is 0 Å². The molecular formula is C21H19ClN2O4. The molecule has 7 heteroatoms. The molecule has 1 atom stereocenters. The fourth-order valence-corrected chi connectivity index (χ4v) is 2.80. The minimum atomic E-state index is -0.812. The molecule has 0 fully saturated rings. The van der Waals surface area contributed by atoms with Gasteiger partial charge in [-0.15, -0.1) is 0 Å². The van der Waals surface area contributed by atoms with Gasteiger partial charge < -0.3 is 9.47 Å². The second kappa shape index (κ2) is 8.63. The van der Waals surface area contributed by atoms with E-state index >= 15 is 0 Å². The molecule has 0 aromatic heterocycles. The number of methoxy groups -OCH3 is 1. The molecule has 0 saturated heterocycles. The Morgan fingerprint density at radius 3 is 2.46 bits per heavy atom. The lowest BCUT2D eigenvalue weighted by molar-refractivity contribution is -0.128. The smallest absolute Gasteiger partial charge is 0.279 e. The number of carbonyl (C=O) groups excluding carboxylic acids is 2. The standard InChI is InChI=1S/C21H19ClN2O4/c1-13(28-17-9-7-14-5-3-4-6-15(14)11-17)20(25)23-24-21(26)18-10-8-16(22)12-19(18)27-2/h3-13H,1-2H3,(H,23,25)(H,24,26). The summed E-state index contributed by atoms with van der Waals surface area (Å²) in [7, 11) is 1.43. The van der Waals surface area contributed by atoms with Gasteiger partial charge in [-0.05, 0) is 48.0 Å². The molecule has 1 unspecified atom stereocenters. The number of benzene rings is 3. The van der Waals surface area contributed by atoms with Gasteiger partial charge >= 0.3 is 0 Å². The van der Waals surface area contributed by atoms with E-state index in [4.69, 9.17) is 21.1 Å². The fraction of sp³-hybridized carbons (Fsp3) is 0.143. The van der Waals surface area contributed by atoms with Gasteiger partial charge in [0.1, 0.15) is 11.5 Å². The maximum Gasteiger partial charge on any atom is 0.279 e. The normalized spacial score (nSPS) is 11.5. The summed E-state index contributed by atoms with van der Waals surface area (Å²) < 4.78 is 10.8. The van der Waals surface area contributed by atoms with Crippen LogP contribution in [0.4, 0.5) is 0 Å². The minimum absolute atomic E-state index is 0.246. The zero-order valence-electron chi connectivity index (χ0n) is 15.4. The van der Waals surface area contributed by atoms with Crippen molar-refractivity contribution in [1.29, 1.82) is 0 Å². The quantitative estimate of drug-likeness (QED) is 0.642. The van der Waals surface area contributed by atoms with Crippen LogP contribution >= 0.6 is 11.6 Å². The molecule has 2 N–H and O–H groups in total. The van der Waals surface area contributed by atoms with Crippen molar-refractivity contribution in [3.05, 3.63) is 71.2 Å². The number of hydrazine groups is 1. The van der Waals surface area contributed by atoms with Gasteiger partial charge in [0.2, 0.25) is 0 Å². The SMILES string of the molecule is COc1cc(Cl)ccc1C(=O)NNC(=O)C(C)Oc1ccc2ccccc2c1.